The van der Waals surface area contributed by atoms with Crippen molar-refractivity contribution < 1.29 is 14.3 Å². The lowest BCUT2D eigenvalue weighted by Gasteiger charge is -2.35. The summed E-state index contributed by atoms with van der Waals surface area (Å²) in [6, 6.07) is 6.23. The molecule has 4 rings (SSSR count). The Labute approximate surface area is 155 Å². The number of piperazine rings is 1. The summed E-state index contributed by atoms with van der Waals surface area (Å²) in [5, 5.41) is 0. The van der Waals surface area contributed by atoms with Crippen LogP contribution < -0.4 is 0 Å². The fourth-order valence-electron chi connectivity index (χ4n) is 4.30. The van der Waals surface area contributed by atoms with Gasteiger partial charge in [0.05, 0.1) is 6.54 Å². The first-order valence-corrected chi connectivity index (χ1v) is 9.98. The fraction of sp³-hybridized carbons (Fsp3) is 0.619. The molecule has 140 valence electrons. The van der Waals surface area contributed by atoms with Gasteiger partial charge in [-0.3, -0.25) is 14.5 Å². The van der Waals surface area contributed by atoms with Crippen LogP contribution in [-0.2, 0) is 22.4 Å². The highest BCUT2D eigenvalue weighted by molar-refractivity contribution is 5.97. The maximum atomic E-state index is 12.7. The van der Waals surface area contributed by atoms with Crippen LogP contribution in [0.2, 0.25) is 0 Å². The molecule has 2 aliphatic heterocycles. The molecule has 0 aromatic heterocycles. The molecule has 3 aliphatic rings. The Morgan fingerprint density at radius 2 is 1.77 bits per heavy atom. The first-order chi connectivity index (χ1) is 12.7. The van der Waals surface area contributed by atoms with E-state index < -0.39 is 0 Å². The Morgan fingerprint density at radius 3 is 2.50 bits per heavy atom. The summed E-state index contributed by atoms with van der Waals surface area (Å²) >= 11 is 0. The number of aryl methyl sites for hydroxylation is 2. The van der Waals surface area contributed by atoms with Crippen LogP contribution in [0.3, 0.4) is 0 Å². The average molecular weight is 356 g/mol. The molecular formula is C21H28N2O3. The summed E-state index contributed by atoms with van der Waals surface area (Å²) in [6.45, 7) is 4.04. The molecule has 0 saturated carbocycles. The molecule has 1 unspecified atom stereocenters. The molecule has 0 N–H and O–H groups in total. The van der Waals surface area contributed by atoms with E-state index in [1.165, 1.54) is 24.0 Å². The van der Waals surface area contributed by atoms with Crippen molar-refractivity contribution >= 4 is 11.7 Å². The second-order valence-electron chi connectivity index (χ2n) is 7.72. The number of amides is 1. The highest BCUT2D eigenvalue weighted by atomic mass is 16.5. The number of carbonyl (C=O) groups excluding carboxylic acids is 2. The lowest BCUT2D eigenvalue weighted by Crippen LogP contribution is -2.52. The van der Waals surface area contributed by atoms with Gasteiger partial charge in [0.1, 0.15) is 6.10 Å². The van der Waals surface area contributed by atoms with Gasteiger partial charge in [0.15, 0.2) is 5.78 Å². The third-order valence-electron chi connectivity index (χ3n) is 5.93. The third-order valence-corrected chi connectivity index (χ3v) is 5.93. The van der Waals surface area contributed by atoms with E-state index in [0.717, 1.165) is 44.3 Å². The minimum absolute atomic E-state index is 0.128. The van der Waals surface area contributed by atoms with Gasteiger partial charge in [-0.15, -0.1) is 0 Å². The van der Waals surface area contributed by atoms with Crippen molar-refractivity contribution in [2.45, 2.75) is 44.6 Å². The van der Waals surface area contributed by atoms with E-state index in [1.807, 2.05) is 11.0 Å². The Balaban J connectivity index is 1.30. The van der Waals surface area contributed by atoms with Crippen LogP contribution in [0, 0.1) is 0 Å². The van der Waals surface area contributed by atoms with E-state index in [9.17, 15) is 9.59 Å². The second kappa shape index (κ2) is 7.89. The quantitative estimate of drug-likeness (QED) is 0.775. The summed E-state index contributed by atoms with van der Waals surface area (Å²) in [5.74, 6) is 0.320. The molecule has 26 heavy (non-hydrogen) atoms. The van der Waals surface area contributed by atoms with Crippen molar-refractivity contribution in [3.8, 4) is 0 Å². The number of hydrogen-bond donors (Lipinski definition) is 0. The maximum absolute atomic E-state index is 12.7. The van der Waals surface area contributed by atoms with Gasteiger partial charge in [-0.2, -0.15) is 0 Å². The summed E-state index contributed by atoms with van der Waals surface area (Å²) in [5.41, 5.74) is 3.60. The lowest BCUT2D eigenvalue weighted by molar-refractivity contribution is -0.142. The molecule has 1 aliphatic carbocycles. The molecule has 2 heterocycles. The zero-order valence-corrected chi connectivity index (χ0v) is 15.4. The molecule has 0 radical (unpaired) electrons. The third kappa shape index (κ3) is 3.84. The van der Waals surface area contributed by atoms with Crippen LogP contribution in [-0.4, -0.2) is 66.9 Å². The van der Waals surface area contributed by atoms with Gasteiger partial charge in [-0.1, -0.05) is 12.1 Å². The molecule has 0 bridgehead atoms. The summed E-state index contributed by atoms with van der Waals surface area (Å²) in [7, 11) is 0. The van der Waals surface area contributed by atoms with Crippen molar-refractivity contribution in [3.63, 3.8) is 0 Å². The summed E-state index contributed by atoms with van der Waals surface area (Å²) in [4.78, 5) is 29.2. The molecule has 1 aromatic rings. The van der Waals surface area contributed by atoms with Crippen molar-refractivity contribution in [1.82, 2.24) is 9.80 Å². The van der Waals surface area contributed by atoms with E-state index in [1.54, 1.807) is 0 Å². The predicted molar refractivity (Wildman–Crippen MR) is 99.4 cm³/mol. The van der Waals surface area contributed by atoms with E-state index in [2.05, 4.69) is 17.0 Å². The summed E-state index contributed by atoms with van der Waals surface area (Å²) in [6.07, 6.45) is 6.31. The maximum Gasteiger partial charge on any atom is 0.251 e. The Bertz CT molecular complexity index is 674. The molecule has 1 atom stereocenters. The molecule has 0 spiro atoms. The van der Waals surface area contributed by atoms with Crippen molar-refractivity contribution in [2.24, 2.45) is 0 Å². The number of nitrogens with zero attached hydrogens (tertiary/aromatic N) is 2. The number of hydrogen-bond acceptors (Lipinski definition) is 4. The van der Waals surface area contributed by atoms with Gasteiger partial charge < -0.3 is 9.64 Å². The first kappa shape index (κ1) is 17.7. The highest BCUT2D eigenvalue weighted by Gasteiger charge is 2.30. The van der Waals surface area contributed by atoms with Crippen LogP contribution in [0.1, 0.15) is 47.2 Å². The zero-order valence-electron chi connectivity index (χ0n) is 15.4. The van der Waals surface area contributed by atoms with Crippen LogP contribution >= 0.6 is 0 Å². The van der Waals surface area contributed by atoms with Gasteiger partial charge in [0.2, 0.25) is 0 Å². The number of Topliss-reactive ketones (excluding diaryl/α,β-unsaturated/α-hetero) is 1. The Morgan fingerprint density at radius 1 is 1.00 bits per heavy atom. The van der Waals surface area contributed by atoms with Crippen LogP contribution in [0.4, 0.5) is 0 Å². The van der Waals surface area contributed by atoms with Gasteiger partial charge in [0, 0.05) is 38.3 Å². The van der Waals surface area contributed by atoms with Gasteiger partial charge in [-0.25, -0.2) is 0 Å². The standard InChI is InChI=1S/C21H28N2O3/c24-19(18-8-7-16-4-1-2-5-17(16)14-18)15-22-9-11-23(12-10-22)21(25)20-6-3-13-26-20/h7-8,14,20H,1-6,9-13,15H2. The SMILES string of the molecule is O=C(CN1CCN(C(=O)C2CCCO2)CC1)c1ccc2c(c1)CCCC2. The van der Waals surface area contributed by atoms with Crippen molar-refractivity contribution in [3.05, 3.63) is 34.9 Å². The van der Waals surface area contributed by atoms with E-state index >= 15 is 0 Å². The summed E-state index contributed by atoms with van der Waals surface area (Å²) < 4.78 is 5.50. The molecule has 1 amide bonds. The van der Waals surface area contributed by atoms with Crippen LogP contribution in [0.15, 0.2) is 18.2 Å². The number of ketones is 1. The van der Waals surface area contributed by atoms with Crippen molar-refractivity contribution in [2.75, 3.05) is 39.3 Å². The molecule has 5 heteroatoms. The Kier molecular flexibility index (Phi) is 5.36. The van der Waals surface area contributed by atoms with Crippen LogP contribution in [0.25, 0.3) is 0 Å². The monoisotopic (exact) mass is 356 g/mol. The van der Waals surface area contributed by atoms with Crippen LogP contribution in [0.5, 0.6) is 0 Å². The number of fused-ring (bicyclic) bond motifs is 1. The topological polar surface area (TPSA) is 49.9 Å². The molecule has 2 saturated heterocycles. The predicted octanol–water partition coefficient (Wildman–Crippen LogP) is 2.07. The number of ether oxygens (including phenoxy) is 1. The molecule has 5 nitrogen and oxygen atoms in total. The van der Waals surface area contributed by atoms with Gasteiger partial charge in [-0.05, 0) is 55.7 Å². The number of carbonyl (C=O) groups is 2. The molecule has 2 fully saturated rings. The van der Waals surface area contributed by atoms with Crippen molar-refractivity contribution in [1.29, 1.82) is 0 Å². The van der Waals surface area contributed by atoms with E-state index in [-0.39, 0.29) is 17.8 Å². The van der Waals surface area contributed by atoms with E-state index in [0.29, 0.717) is 26.2 Å². The molecule has 1 aromatic carbocycles. The van der Waals surface area contributed by atoms with Gasteiger partial charge >= 0.3 is 0 Å². The lowest BCUT2D eigenvalue weighted by atomic mass is 9.90. The normalized spacial score (nSPS) is 23.7. The highest BCUT2D eigenvalue weighted by Crippen LogP contribution is 2.22. The Hall–Kier alpha value is -1.72. The smallest absolute Gasteiger partial charge is 0.251 e. The van der Waals surface area contributed by atoms with E-state index in [4.69, 9.17) is 4.74 Å². The minimum atomic E-state index is -0.237. The second-order valence-corrected chi connectivity index (χ2v) is 7.72. The average Bonchev–Trinajstić information content (AvgIpc) is 3.22. The van der Waals surface area contributed by atoms with Gasteiger partial charge in [0.25, 0.3) is 5.91 Å². The first-order valence-electron chi connectivity index (χ1n) is 9.98. The largest absolute Gasteiger partial charge is 0.368 e. The fourth-order valence-corrected chi connectivity index (χ4v) is 4.30. The number of rotatable bonds is 4. The number of benzene rings is 1. The molecular weight excluding hydrogens is 328 g/mol. The zero-order chi connectivity index (χ0) is 17.9. The minimum Gasteiger partial charge on any atom is -0.368 e.